The largest absolute Gasteiger partial charge is 0.508 e. The van der Waals surface area contributed by atoms with Gasteiger partial charge in [-0.15, -0.1) is 0 Å². The number of H-pyrrole nitrogens is 1. The van der Waals surface area contributed by atoms with E-state index in [1.807, 2.05) is 56.1 Å². The molecular formula is C54H56N8O10. The molecule has 0 bridgehead atoms. The van der Waals surface area contributed by atoms with E-state index in [9.17, 15) is 39.3 Å². The highest BCUT2D eigenvalue weighted by molar-refractivity contribution is 5.91. The van der Waals surface area contributed by atoms with Crippen LogP contribution in [0.1, 0.15) is 100.0 Å². The first-order chi connectivity index (χ1) is 34.7. The number of hydrogen-bond donors (Lipinski definition) is 4. The fourth-order valence-corrected chi connectivity index (χ4v) is 11.5. The number of benzene rings is 3. The van der Waals surface area contributed by atoms with Crippen LogP contribution < -0.4 is 16.0 Å². The fraction of sp³-hybridized carbons (Fsp3) is 0.389. The van der Waals surface area contributed by atoms with Crippen LogP contribution in [-0.4, -0.2) is 97.6 Å². The van der Waals surface area contributed by atoms with Gasteiger partial charge in [-0.1, -0.05) is 27.7 Å². The summed E-state index contributed by atoms with van der Waals surface area (Å²) in [4.78, 5) is 75.9. The van der Waals surface area contributed by atoms with Gasteiger partial charge in [-0.3, -0.25) is 14.5 Å². The number of aryl methyl sites for hydroxylation is 2. The maximum absolute atomic E-state index is 14.1. The minimum atomic E-state index is -1.93. The van der Waals surface area contributed by atoms with E-state index in [0.29, 0.717) is 84.3 Å². The van der Waals surface area contributed by atoms with Gasteiger partial charge in [0.25, 0.3) is 5.56 Å². The first kappa shape index (κ1) is 46.6. The Bertz CT molecular complexity index is 3510. The molecule has 0 spiro atoms. The molecule has 2 atom stereocenters. The van der Waals surface area contributed by atoms with Gasteiger partial charge in [0, 0.05) is 65.9 Å². The number of aromatic hydroxyl groups is 2. The summed E-state index contributed by atoms with van der Waals surface area (Å²) in [5.41, 5.74) is 3.89. The van der Waals surface area contributed by atoms with Crippen molar-refractivity contribution in [2.45, 2.75) is 110 Å². The molecule has 2 saturated heterocycles. The molecular weight excluding hydrogens is 921 g/mol. The second-order valence-electron chi connectivity index (χ2n) is 19.9. The SMILES string of the molecule is CCc1c2c(nc3ccc(OC(=O)N4CCCC4C(=O)N4CCC(CCn5ccc6cc(-n7c(-c8cc(C(C)C)c(O)cc8O)n[nH]c7=O)ccc65)CC4)cc13)-c1cc3c(c(=O)n1C2)COC(=O)C3(O)CC. The Balaban J connectivity index is 0.727. The van der Waals surface area contributed by atoms with Crippen molar-refractivity contribution in [1.29, 1.82) is 0 Å². The number of pyridine rings is 2. The van der Waals surface area contributed by atoms with Crippen LogP contribution in [0.25, 0.3) is 50.3 Å². The number of cyclic esters (lactones) is 1. The third kappa shape index (κ3) is 7.61. The van der Waals surface area contributed by atoms with E-state index < -0.39 is 29.4 Å². The van der Waals surface area contributed by atoms with Crippen molar-refractivity contribution in [3.8, 4) is 45.7 Å². The van der Waals surface area contributed by atoms with E-state index in [2.05, 4.69) is 14.8 Å². The number of carbonyl (C=O) groups is 3. The van der Waals surface area contributed by atoms with E-state index in [0.717, 1.165) is 53.2 Å². The van der Waals surface area contributed by atoms with Crippen molar-refractivity contribution in [3.63, 3.8) is 0 Å². The summed E-state index contributed by atoms with van der Waals surface area (Å²) < 4.78 is 16.5. The molecule has 2 unspecified atom stereocenters. The smallest absolute Gasteiger partial charge is 0.415 e. The lowest BCUT2D eigenvalue weighted by molar-refractivity contribution is -0.172. The zero-order chi connectivity index (χ0) is 50.3. The standard InChI is InChI=1S/C54H56N8O10/c1-5-34-36-23-33(10-11-41(36)55-47-38(34)27-61-44(47)25-40-39(49(61)65)28-71-51(67)54(40,70)6-2)72-53(69)60-17-7-8-43(60)50(66)59-19-14-30(15-20-59)13-18-58-21-16-31-22-32(9-12-42(31)58)62-48(56-57-52(62)68)37-24-35(29(3)4)45(63)26-46(37)64/h9-12,16,21-26,29-30,43,63-64,70H,5-8,13-15,17-20,27-28H2,1-4H3,(H,57,68). The van der Waals surface area contributed by atoms with Crippen LogP contribution in [0.2, 0.25) is 0 Å². The molecule has 7 aromatic rings. The second-order valence-corrected chi connectivity index (χ2v) is 19.9. The minimum absolute atomic E-state index is 0.0248. The summed E-state index contributed by atoms with van der Waals surface area (Å²) in [5, 5.41) is 40.9. The number of aromatic amines is 1. The predicted molar refractivity (Wildman–Crippen MR) is 266 cm³/mol. The van der Waals surface area contributed by atoms with Gasteiger partial charge in [-0.2, -0.15) is 5.10 Å². The second kappa shape index (κ2) is 17.8. The molecule has 2 amide bonds. The van der Waals surface area contributed by atoms with Crippen molar-refractivity contribution >= 4 is 39.8 Å². The number of amides is 2. The van der Waals surface area contributed by atoms with E-state index >= 15 is 0 Å². The lowest BCUT2D eigenvalue weighted by Gasteiger charge is -2.35. The number of nitrogens with one attached hydrogen (secondary N) is 1. The number of phenolic OH excluding ortho intramolecular Hbond substituents is 2. The first-order valence-corrected chi connectivity index (χ1v) is 24.9. The van der Waals surface area contributed by atoms with Crippen molar-refractivity contribution in [3.05, 3.63) is 116 Å². The number of phenols is 2. The fourth-order valence-electron chi connectivity index (χ4n) is 11.5. The Labute approximate surface area is 413 Å². The Morgan fingerprint density at radius 2 is 1.75 bits per heavy atom. The molecule has 0 saturated carbocycles. The zero-order valence-electron chi connectivity index (χ0n) is 40.6. The average molecular weight is 977 g/mol. The maximum atomic E-state index is 14.1. The number of rotatable bonds is 10. The van der Waals surface area contributed by atoms with Gasteiger partial charge in [-0.25, -0.2) is 29.0 Å². The molecule has 0 aliphatic carbocycles. The first-order valence-electron chi connectivity index (χ1n) is 24.9. The molecule has 4 aromatic heterocycles. The third-order valence-electron chi connectivity index (χ3n) is 15.5. The predicted octanol–water partition coefficient (Wildman–Crippen LogP) is 6.96. The van der Waals surface area contributed by atoms with Gasteiger partial charge in [0.2, 0.25) is 5.91 Å². The van der Waals surface area contributed by atoms with Crippen LogP contribution in [-0.2, 0) is 46.0 Å². The summed E-state index contributed by atoms with van der Waals surface area (Å²) in [6, 6.07) is 17.0. The molecule has 4 N–H and O–H groups in total. The van der Waals surface area contributed by atoms with Gasteiger partial charge >= 0.3 is 17.8 Å². The molecule has 4 aliphatic rings. The van der Waals surface area contributed by atoms with Gasteiger partial charge in [0.05, 0.1) is 40.3 Å². The molecule has 3 aromatic carbocycles. The Hall–Kier alpha value is -7.73. The van der Waals surface area contributed by atoms with Crippen molar-refractivity contribution in [2.24, 2.45) is 5.92 Å². The van der Waals surface area contributed by atoms with E-state index in [-0.39, 0.29) is 65.4 Å². The Morgan fingerprint density at radius 1 is 0.944 bits per heavy atom. The topological polar surface area (TPSA) is 227 Å². The highest BCUT2D eigenvalue weighted by Gasteiger charge is 2.46. The normalized spacial score (nSPS) is 18.8. The molecule has 4 aliphatic heterocycles. The van der Waals surface area contributed by atoms with E-state index in [1.165, 1.54) is 10.6 Å². The number of piperidine rings is 1. The van der Waals surface area contributed by atoms with Crippen LogP contribution in [0.15, 0.2) is 76.4 Å². The molecule has 72 heavy (non-hydrogen) atoms. The van der Waals surface area contributed by atoms with Crippen LogP contribution in [0.4, 0.5) is 4.79 Å². The van der Waals surface area contributed by atoms with E-state index in [4.69, 9.17) is 14.5 Å². The lowest BCUT2D eigenvalue weighted by atomic mass is 9.86. The maximum Gasteiger partial charge on any atom is 0.415 e. The van der Waals surface area contributed by atoms with Crippen LogP contribution in [0.5, 0.6) is 17.2 Å². The summed E-state index contributed by atoms with van der Waals surface area (Å²) in [6.07, 6.45) is 5.93. The molecule has 8 heterocycles. The number of nitrogens with zero attached hydrogens (tertiary/aromatic N) is 7. The highest BCUT2D eigenvalue weighted by atomic mass is 16.6. The number of hydrogen-bond acceptors (Lipinski definition) is 12. The number of aliphatic hydroxyl groups is 1. The Morgan fingerprint density at radius 3 is 2.51 bits per heavy atom. The van der Waals surface area contributed by atoms with Crippen molar-refractivity contribution in [2.75, 3.05) is 19.6 Å². The van der Waals surface area contributed by atoms with Crippen LogP contribution >= 0.6 is 0 Å². The van der Waals surface area contributed by atoms with Gasteiger partial charge in [-0.05, 0) is 123 Å². The summed E-state index contributed by atoms with van der Waals surface area (Å²) in [5.74, 6) is -0.124. The number of likely N-dealkylation sites (tertiary alicyclic amines) is 2. The van der Waals surface area contributed by atoms with Crippen molar-refractivity contribution in [1.82, 2.24) is 38.7 Å². The lowest BCUT2D eigenvalue weighted by Crippen LogP contribution is -2.50. The van der Waals surface area contributed by atoms with Gasteiger partial charge in [0.1, 0.15) is 29.9 Å². The summed E-state index contributed by atoms with van der Waals surface area (Å²) in [6.45, 7) is 9.96. The average Bonchev–Trinajstić information content (AvgIpc) is 4.19. The molecule has 18 nitrogen and oxygen atoms in total. The van der Waals surface area contributed by atoms with Crippen LogP contribution in [0.3, 0.4) is 0 Å². The molecule has 18 heteroatoms. The zero-order valence-corrected chi connectivity index (χ0v) is 40.6. The number of esters is 1. The number of aromatic nitrogens is 6. The highest BCUT2D eigenvalue weighted by Crippen LogP contribution is 2.42. The molecule has 2 fully saturated rings. The number of carbonyl (C=O) groups excluding carboxylic acids is 3. The molecule has 372 valence electrons. The molecule has 11 rings (SSSR count). The van der Waals surface area contributed by atoms with Gasteiger partial charge < -0.3 is 38.8 Å². The number of ether oxygens (including phenoxy) is 2. The van der Waals surface area contributed by atoms with Crippen LogP contribution in [0, 0.1) is 5.92 Å². The molecule has 0 radical (unpaired) electrons. The Kier molecular flexibility index (Phi) is 11.6. The summed E-state index contributed by atoms with van der Waals surface area (Å²) >= 11 is 0. The quantitative estimate of drug-likeness (QED) is 0.102. The minimum Gasteiger partial charge on any atom is -0.508 e. The van der Waals surface area contributed by atoms with Crippen molar-refractivity contribution < 1.29 is 39.2 Å². The summed E-state index contributed by atoms with van der Waals surface area (Å²) in [7, 11) is 0. The number of fused-ring (bicyclic) bond motifs is 6. The monoisotopic (exact) mass is 976 g/mol. The van der Waals surface area contributed by atoms with Gasteiger partial charge in [0.15, 0.2) is 11.4 Å². The third-order valence-corrected chi connectivity index (χ3v) is 15.5. The van der Waals surface area contributed by atoms with E-state index in [1.54, 1.807) is 46.7 Å².